The number of hydrogen-bond donors (Lipinski definition) is 1. The van der Waals surface area contributed by atoms with Crippen LogP contribution in [0.3, 0.4) is 0 Å². The van der Waals surface area contributed by atoms with Gasteiger partial charge in [-0.15, -0.1) is 0 Å². The monoisotopic (exact) mass is 266 g/mol. The topological polar surface area (TPSA) is 20.2 Å². The molecule has 100 valence electrons. The first kappa shape index (κ1) is 12.8. The van der Waals surface area contributed by atoms with Crippen molar-refractivity contribution >= 4 is 10.8 Å². The summed E-state index contributed by atoms with van der Waals surface area (Å²) in [5.74, 6) is -0.232. The third-order valence-corrected chi connectivity index (χ3v) is 3.48. The fourth-order valence-corrected chi connectivity index (χ4v) is 2.51. The van der Waals surface area contributed by atoms with E-state index in [-0.39, 0.29) is 12.4 Å². The summed E-state index contributed by atoms with van der Waals surface area (Å²) in [4.78, 5) is 0. The molecule has 0 fully saturated rings. The molecule has 20 heavy (non-hydrogen) atoms. The highest BCUT2D eigenvalue weighted by Gasteiger charge is 2.06. The van der Waals surface area contributed by atoms with Crippen molar-refractivity contribution in [3.8, 4) is 11.1 Å². The van der Waals surface area contributed by atoms with Gasteiger partial charge in [-0.05, 0) is 46.0 Å². The number of benzene rings is 3. The number of fused-ring (bicyclic) bond motifs is 1. The third-order valence-electron chi connectivity index (χ3n) is 3.48. The van der Waals surface area contributed by atoms with Gasteiger partial charge in [0.2, 0.25) is 0 Å². The Morgan fingerprint density at radius 3 is 2.40 bits per heavy atom. The van der Waals surface area contributed by atoms with E-state index >= 15 is 0 Å². The minimum Gasteiger partial charge on any atom is -0.396 e. The lowest BCUT2D eigenvalue weighted by Gasteiger charge is -2.10. The molecule has 0 amide bonds. The fraction of sp³-hybridized carbons (Fsp3) is 0.111. The number of rotatable bonds is 3. The molecule has 0 radical (unpaired) electrons. The van der Waals surface area contributed by atoms with Gasteiger partial charge >= 0.3 is 0 Å². The Balaban J connectivity index is 2.23. The molecule has 0 aliphatic rings. The molecule has 0 spiro atoms. The van der Waals surface area contributed by atoms with Crippen LogP contribution in [-0.4, -0.2) is 11.7 Å². The summed E-state index contributed by atoms with van der Waals surface area (Å²) in [5, 5.41) is 11.4. The van der Waals surface area contributed by atoms with Crippen molar-refractivity contribution in [2.24, 2.45) is 0 Å². The van der Waals surface area contributed by atoms with Gasteiger partial charge in [-0.2, -0.15) is 0 Å². The van der Waals surface area contributed by atoms with Crippen molar-refractivity contribution in [2.75, 3.05) is 6.61 Å². The van der Waals surface area contributed by atoms with E-state index in [0.29, 0.717) is 6.42 Å². The molecule has 0 heterocycles. The van der Waals surface area contributed by atoms with E-state index in [9.17, 15) is 4.39 Å². The summed E-state index contributed by atoms with van der Waals surface area (Å²) in [5.41, 5.74) is 3.15. The highest BCUT2D eigenvalue weighted by atomic mass is 19.1. The minimum absolute atomic E-state index is 0.126. The van der Waals surface area contributed by atoms with Gasteiger partial charge in [-0.25, -0.2) is 4.39 Å². The average Bonchev–Trinajstić information content (AvgIpc) is 2.48. The maximum Gasteiger partial charge on any atom is 0.123 e. The maximum atomic E-state index is 13.1. The normalized spacial score (nSPS) is 10.9. The van der Waals surface area contributed by atoms with Gasteiger partial charge in [0.15, 0.2) is 0 Å². The first-order valence-electron chi connectivity index (χ1n) is 6.66. The van der Waals surface area contributed by atoms with E-state index in [1.807, 2.05) is 12.1 Å². The highest BCUT2D eigenvalue weighted by Crippen LogP contribution is 2.30. The van der Waals surface area contributed by atoms with Gasteiger partial charge in [0.1, 0.15) is 5.82 Å². The van der Waals surface area contributed by atoms with Gasteiger partial charge < -0.3 is 5.11 Å². The lowest BCUT2D eigenvalue weighted by Crippen LogP contribution is -1.92. The van der Waals surface area contributed by atoms with E-state index < -0.39 is 0 Å². The predicted octanol–water partition coefficient (Wildman–Crippen LogP) is 4.18. The SMILES string of the molecule is OCCc1cc(-c2ccc(F)cc2)c2ccccc2c1. The fourth-order valence-electron chi connectivity index (χ4n) is 2.51. The van der Waals surface area contributed by atoms with Gasteiger partial charge in [-0.3, -0.25) is 0 Å². The van der Waals surface area contributed by atoms with E-state index in [1.165, 1.54) is 12.1 Å². The molecule has 3 rings (SSSR count). The highest BCUT2D eigenvalue weighted by molar-refractivity contribution is 5.97. The Morgan fingerprint density at radius 1 is 0.900 bits per heavy atom. The quantitative estimate of drug-likeness (QED) is 0.754. The first-order chi connectivity index (χ1) is 9.78. The van der Waals surface area contributed by atoms with Crippen molar-refractivity contribution in [1.29, 1.82) is 0 Å². The molecule has 0 unspecified atom stereocenters. The molecule has 3 aromatic carbocycles. The van der Waals surface area contributed by atoms with Crippen LogP contribution >= 0.6 is 0 Å². The summed E-state index contributed by atoms with van der Waals surface area (Å²) in [7, 11) is 0. The summed E-state index contributed by atoms with van der Waals surface area (Å²) in [6, 6.07) is 18.8. The molecule has 0 aliphatic heterocycles. The Labute approximate surface area is 117 Å². The Hall–Kier alpha value is -2.19. The molecular weight excluding hydrogens is 251 g/mol. The second kappa shape index (κ2) is 5.43. The lowest BCUT2D eigenvalue weighted by atomic mass is 9.95. The molecular formula is C18H15FO. The zero-order valence-electron chi connectivity index (χ0n) is 11.0. The van der Waals surface area contributed by atoms with Crippen LogP contribution in [0.1, 0.15) is 5.56 Å². The van der Waals surface area contributed by atoms with Crippen LogP contribution in [0.25, 0.3) is 21.9 Å². The van der Waals surface area contributed by atoms with E-state index in [1.54, 1.807) is 12.1 Å². The first-order valence-corrected chi connectivity index (χ1v) is 6.66. The molecule has 0 atom stereocenters. The second-order valence-corrected chi connectivity index (χ2v) is 4.85. The summed E-state index contributed by atoms with van der Waals surface area (Å²) < 4.78 is 13.1. The molecule has 0 aliphatic carbocycles. The van der Waals surface area contributed by atoms with Crippen LogP contribution in [-0.2, 0) is 6.42 Å². The largest absolute Gasteiger partial charge is 0.396 e. The smallest absolute Gasteiger partial charge is 0.123 e. The van der Waals surface area contributed by atoms with E-state index in [4.69, 9.17) is 5.11 Å². The average molecular weight is 266 g/mol. The van der Waals surface area contributed by atoms with Crippen LogP contribution in [0.15, 0.2) is 60.7 Å². The van der Waals surface area contributed by atoms with Gasteiger partial charge in [0, 0.05) is 6.61 Å². The van der Waals surface area contributed by atoms with Crippen LogP contribution < -0.4 is 0 Å². The number of aliphatic hydroxyl groups excluding tert-OH is 1. The molecule has 3 aromatic rings. The molecule has 2 heteroatoms. The van der Waals surface area contributed by atoms with Crippen LogP contribution in [0.5, 0.6) is 0 Å². The molecule has 0 saturated heterocycles. The van der Waals surface area contributed by atoms with E-state index in [0.717, 1.165) is 27.5 Å². The van der Waals surface area contributed by atoms with Gasteiger partial charge in [-0.1, -0.05) is 48.5 Å². The maximum absolute atomic E-state index is 13.1. The number of halogens is 1. The molecule has 0 bridgehead atoms. The molecule has 1 N–H and O–H groups in total. The standard InChI is InChI=1S/C18H15FO/c19-16-7-5-14(6-8-16)18-12-13(9-10-20)11-15-3-1-2-4-17(15)18/h1-8,11-12,20H,9-10H2. The van der Waals surface area contributed by atoms with Crippen molar-refractivity contribution in [2.45, 2.75) is 6.42 Å². The molecule has 1 nitrogen and oxygen atoms in total. The van der Waals surface area contributed by atoms with Gasteiger partial charge in [0.25, 0.3) is 0 Å². The lowest BCUT2D eigenvalue weighted by molar-refractivity contribution is 0.299. The summed E-state index contributed by atoms with van der Waals surface area (Å²) in [6.07, 6.45) is 0.624. The predicted molar refractivity (Wildman–Crippen MR) is 80.1 cm³/mol. The van der Waals surface area contributed by atoms with Crippen molar-refractivity contribution in [3.05, 3.63) is 72.0 Å². The summed E-state index contributed by atoms with van der Waals surface area (Å²) in [6.45, 7) is 0.126. The van der Waals surface area contributed by atoms with Crippen LogP contribution in [0.4, 0.5) is 4.39 Å². The van der Waals surface area contributed by atoms with Crippen molar-refractivity contribution < 1.29 is 9.50 Å². The Kier molecular flexibility index (Phi) is 3.48. The van der Waals surface area contributed by atoms with Gasteiger partial charge in [0.05, 0.1) is 0 Å². The van der Waals surface area contributed by atoms with Crippen molar-refractivity contribution in [1.82, 2.24) is 0 Å². The molecule has 0 aromatic heterocycles. The summed E-state index contributed by atoms with van der Waals surface area (Å²) >= 11 is 0. The van der Waals surface area contributed by atoms with Crippen molar-refractivity contribution in [3.63, 3.8) is 0 Å². The minimum atomic E-state index is -0.232. The van der Waals surface area contributed by atoms with E-state index in [2.05, 4.69) is 24.3 Å². The molecule has 0 saturated carbocycles. The number of aliphatic hydroxyl groups is 1. The Bertz CT molecular complexity index is 732. The zero-order chi connectivity index (χ0) is 13.9. The van der Waals surface area contributed by atoms with Crippen LogP contribution in [0, 0.1) is 5.82 Å². The van der Waals surface area contributed by atoms with Crippen LogP contribution in [0.2, 0.25) is 0 Å². The number of hydrogen-bond acceptors (Lipinski definition) is 1. The Morgan fingerprint density at radius 2 is 1.65 bits per heavy atom. The third kappa shape index (κ3) is 2.43. The second-order valence-electron chi connectivity index (χ2n) is 4.85. The zero-order valence-corrected chi connectivity index (χ0v) is 11.0.